The zero-order chi connectivity index (χ0) is 11.8. The molecule has 0 saturated heterocycles. The molecule has 0 aliphatic rings. The number of aryl methyl sites for hydroxylation is 1. The van der Waals surface area contributed by atoms with E-state index < -0.39 is 0 Å². The van der Waals surface area contributed by atoms with E-state index in [1.807, 2.05) is 36.1 Å². The van der Waals surface area contributed by atoms with Crippen molar-refractivity contribution in [2.24, 2.45) is 7.05 Å². The topological polar surface area (TPSA) is 30.7 Å². The van der Waals surface area contributed by atoms with Crippen LogP contribution in [0.5, 0.6) is 0 Å². The van der Waals surface area contributed by atoms with Crippen molar-refractivity contribution in [1.82, 2.24) is 14.8 Å². The summed E-state index contributed by atoms with van der Waals surface area (Å²) in [5, 5.41) is 5.37. The largest absolute Gasteiger partial charge is 0.268 e. The van der Waals surface area contributed by atoms with Crippen LogP contribution in [0.15, 0.2) is 47.2 Å². The van der Waals surface area contributed by atoms with E-state index >= 15 is 0 Å². The van der Waals surface area contributed by atoms with E-state index in [9.17, 15) is 0 Å². The molecule has 2 aromatic heterocycles. The van der Waals surface area contributed by atoms with Gasteiger partial charge in [-0.3, -0.25) is 4.68 Å². The molecule has 0 fully saturated rings. The van der Waals surface area contributed by atoms with Crippen molar-refractivity contribution in [3.05, 3.63) is 47.2 Å². The number of fused-ring (bicyclic) bond motifs is 1. The molecular weight excluding hydrogens is 278 g/mol. The first-order chi connectivity index (χ1) is 8.24. The van der Waals surface area contributed by atoms with Crippen LogP contribution >= 0.6 is 15.9 Å². The van der Waals surface area contributed by atoms with Crippen LogP contribution < -0.4 is 0 Å². The summed E-state index contributed by atoms with van der Waals surface area (Å²) >= 11 is 3.39. The maximum Gasteiger partial charge on any atom is 0.106 e. The lowest BCUT2D eigenvalue weighted by molar-refractivity contribution is 0.797. The summed E-state index contributed by atoms with van der Waals surface area (Å²) in [6.07, 6.45) is 1.87. The monoisotopic (exact) mass is 287 g/mol. The molecule has 0 N–H and O–H groups in total. The second-order valence-electron chi connectivity index (χ2n) is 3.89. The lowest BCUT2D eigenvalue weighted by Crippen LogP contribution is -1.88. The standard InChI is InChI=1S/C13H10BrN3/c1-17-12-6-5-9(7-10(12)8-15-17)11-3-2-4-13(14)16-11/h2-8H,1H3. The molecule has 4 heteroatoms. The molecular formula is C13H10BrN3. The maximum atomic E-state index is 4.45. The molecule has 0 radical (unpaired) electrons. The predicted octanol–water partition coefficient (Wildman–Crippen LogP) is 3.40. The molecule has 3 aromatic rings. The zero-order valence-electron chi connectivity index (χ0n) is 9.26. The van der Waals surface area contributed by atoms with Crippen molar-refractivity contribution in [3.63, 3.8) is 0 Å². The highest BCUT2D eigenvalue weighted by Gasteiger charge is 2.04. The summed E-state index contributed by atoms with van der Waals surface area (Å²) in [5.74, 6) is 0. The molecule has 84 valence electrons. The fraction of sp³-hybridized carbons (Fsp3) is 0.0769. The highest BCUT2D eigenvalue weighted by Crippen LogP contribution is 2.23. The van der Waals surface area contributed by atoms with Crippen molar-refractivity contribution >= 4 is 26.8 Å². The van der Waals surface area contributed by atoms with Crippen LogP contribution in [0.1, 0.15) is 0 Å². The molecule has 0 aliphatic carbocycles. The molecule has 3 nitrogen and oxygen atoms in total. The molecule has 3 rings (SSSR count). The Kier molecular flexibility index (Phi) is 2.44. The number of nitrogens with zero attached hydrogens (tertiary/aromatic N) is 3. The molecule has 0 atom stereocenters. The summed E-state index contributed by atoms with van der Waals surface area (Å²) in [7, 11) is 1.94. The molecule has 0 bridgehead atoms. The van der Waals surface area contributed by atoms with E-state index in [1.54, 1.807) is 0 Å². The Morgan fingerprint density at radius 1 is 1.18 bits per heavy atom. The van der Waals surface area contributed by atoms with Crippen LogP contribution in [-0.2, 0) is 7.05 Å². The van der Waals surface area contributed by atoms with E-state index in [0.717, 1.165) is 26.8 Å². The van der Waals surface area contributed by atoms with Crippen LogP contribution in [0.3, 0.4) is 0 Å². The van der Waals surface area contributed by atoms with Crippen LogP contribution in [0.4, 0.5) is 0 Å². The molecule has 2 heterocycles. The first kappa shape index (κ1) is 10.5. The van der Waals surface area contributed by atoms with Gasteiger partial charge in [0, 0.05) is 18.0 Å². The zero-order valence-corrected chi connectivity index (χ0v) is 10.8. The van der Waals surface area contributed by atoms with Crippen LogP contribution in [-0.4, -0.2) is 14.8 Å². The van der Waals surface area contributed by atoms with E-state index in [1.165, 1.54) is 0 Å². The summed E-state index contributed by atoms with van der Waals surface area (Å²) in [6, 6.07) is 12.2. The SMILES string of the molecule is Cn1ncc2cc(-c3cccc(Br)n3)ccc21. The second kappa shape index (κ2) is 3.96. The smallest absolute Gasteiger partial charge is 0.106 e. The fourth-order valence-electron chi connectivity index (χ4n) is 1.89. The van der Waals surface area contributed by atoms with E-state index in [0.29, 0.717) is 0 Å². The molecule has 17 heavy (non-hydrogen) atoms. The molecule has 0 saturated carbocycles. The van der Waals surface area contributed by atoms with Gasteiger partial charge >= 0.3 is 0 Å². The minimum atomic E-state index is 0.848. The molecule has 0 spiro atoms. The second-order valence-corrected chi connectivity index (χ2v) is 4.70. The van der Waals surface area contributed by atoms with Gasteiger partial charge in [0.05, 0.1) is 17.4 Å². The average Bonchev–Trinajstić information content (AvgIpc) is 2.71. The van der Waals surface area contributed by atoms with E-state index in [2.05, 4.69) is 44.2 Å². The van der Waals surface area contributed by atoms with Crippen molar-refractivity contribution in [1.29, 1.82) is 0 Å². The summed E-state index contributed by atoms with van der Waals surface area (Å²) < 4.78 is 2.72. The Balaban J connectivity index is 2.18. The van der Waals surface area contributed by atoms with Crippen LogP contribution in [0.25, 0.3) is 22.2 Å². The first-order valence-electron chi connectivity index (χ1n) is 5.29. The number of aromatic nitrogens is 3. The van der Waals surface area contributed by atoms with Gasteiger partial charge in [-0.1, -0.05) is 12.1 Å². The molecule has 0 aliphatic heterocycles. The third-order valence-corrected chi connectivity index (χ3v) is 3.20. The van der Waals surface area contributed by atoms with Gasteiger partial charge in [0.2, 0.25) is 0 Å². The quantitative estimate of drug-likeness (QED) is 0.642. The van der Waals surface area contributed by atoms with Gasteiger partial charge in [-0.15, -0.1) is 0 Å². The lowest BCUT2D eigenvalue weighted by Gasteiger charge is -2.02. The number of hydrogen-bond acceptors (Lipinski definition) is 2. The molecule has 1 aromatic carbocycles. The van der Waals surface area contributed by atoms with Crippen molar-refractivity contribution < 1.29 is 0 Å². The number of benzene rings is 1. The third-order valence-electron chi connectivity index (χ3n) is 2.76. The van der Waals surface area contributed by atoms with E-state index in [4.69, 9.17) is 0 Å². The van der Waals surface area contributed by atoms with Crippen molar-refractivity contribution in [2.75, 3.05) is 0 Å². The third kappa shape index (κ3) is 1.85. The van der Waals surface area contributed by atoms with Crippen LogP contribution in [0, 0.1) is 0 Å². The number of rotatable bonds is 1. The van der Waals surface area contributed by atoms with E-state index in [-0.39, 0.29) is 0 Å². The predicted molar refractivity (Wildman–Crippen MR) is 71.6 cm³/mol. The van der Waals surface area contributed by atoms with Gasteiger partial charge in [0.1, 0.15) is 4.60 Å². The Hall–Kier alpha value is -1.68. The summed E-state index contributed by atoms with van der Waals surface area (Å²) in [6.45, 7) is 0. The Bertz CT molecular complexity index is 688. The van der Waals surface area contributed by atoms with Gasteiger partial charge in [-0.2, -0.15) is 5.10 Å². The minimum absolute atomic E-state index is 0.848. The van der Waals surface area contributed by atoms with Crippen molar-refractivity contribution in [2.45, 2.75) is 0 Å². The van der Waals surface area contributed by atoms with Gasteiger partial charge in [-0.05, 0) is 40.2 Å². The number of pyridine rings is 1. The number of halogens is 1. The molecule has 0 unspecified atom stereocenters. The number of hydrogen-bond donors (Lipinski definition) is 0. The Morgan fingerprint density at radius 2 is 2.06 bits per heavy atom. The van der Waals surface area contributed by atoms with Gasteiger partial charge < -0.3 is 0 Å². The molecule has 0 amide bonds. The Morgan fingerprint density at radius 3 is 2.88 bits per heavy atom. The fourth-order valence-corrected chi connectivity index (χ4v) is 2.24. The van der Waals surface area contributed by atoms with Gasteiger partial charge in [0.15, 0.2) is 0 Å². The maximum absolute atomic E-state index is 4.45. The van der Waals surface area contributed by atoms with Crippen LogP contribution in [0.2, 0.25) is 0 Å². The highest BCUT2D eigenvalue weighted by molar-refractivity contribution is 9.10. The highest BCUT2D eigenvalue weighted by atomic mass is 79.9. The first-order valence-corrected chi connectivity index (χ1v) is 6.08. The summed E-state index contributed by atoms with van der Waals surface area (Å²) in [4.78, 5) is 4.45. The average molecular weight is 288 g/mol. The van der Waals surface area contributed by atoms with Gasteiger partial charge in [-0.25, -0.2) is 4.98 Å². The normalized spacial score (nSPS) is 10.9. The lowest BCUT2D eigenvalue weighted by atomic mass is 10.1. The van der Waals surface area contributed by atoms with Crippen molar-refractivity contribution in [3.8, 4) is 11.3 Å². The minimum Gasteiger partial charge on any atom is -0.268 e. The summed E-state index contributed by atoms with van der Waals surface area (Å²) in [5.41, 5.74) is 3.20. The van der Waals surface area contributed by atoms with Gasteiger partial charge in [0.25, 0.3) is 0 Å². The Labute approximate surface area is 107 Å².